The van der Waals surface area contributed by atoms with Gasteiger partial charge in [-0.1, -0.05) is 34.6 Å². The molecule has 1 saturated carbocycles. The Labute approximate surface area is 482 Å². The first kappa shape index (κ1) is 81.2. The Morgan fingerprint density at radius 3 is 0.914 bits per heavy atom. The number of carbonyl (C=O) groups is 10. The van der Waals surface area contributed by atoms with Gasteiger partial charge in [0.05, 0.1) is 50.0 Å². The molecule has 474 valence electrons. The minimum Gasteiger partial charge on any atom is -0.464 e. The van der Waals surface area contributed by atoms with Crippen molar-refractivity contribution in [2.75, 3.05) is 65.8 Å². The van der Waals surface area contributed by atoms with Gasteiger partial charge in [0.2, 0.25) is 0 Å². The zero-order valence-corrected chi connectivity index (χ0v) is 53.3. The summed E-state index contributed by atoms with van der Waals surface area (Å²) in [5.41, 5.74) is -3.09. The van der Waals surface area contributed by atoms with Crippen molar-refractivity contribution in [1.82, 2.24) is 26.6 Å². The number of amides is 5. The van der Waals surface area contributed by atoms with Gasteiger partial charge in [-0.2, -0.15) is 0 Å². The zero-order valence-electron chi connectivity index (χ0n) is 53.3. The third kappa shape index (κ3) is 64.4. The van der Waals surface area contributed by atoms with Gasteiger partial charge in [0.25, 0.3) is 0 Å². The van der Waals surface area contributed by atoms with Crippen molar-refractivity contribution < 1.29 is 95.3 Å². The van der Waals surface area contributed by atoms with Gasteiger partial charge >= 0.3 is 60.3 Å². The van der Waals surface area contributed by atoms with Crippen LogP contribution < -0.4 is 26.6 Å². The van der Waals surface area contributed by atoms with E-state index in [1.54, 1.807) is 145 Å². The SMILES string of the molecule is CC(C)(C)OC(=O)NCCOC(=O)C(C)(C)C.CC(C)(C)OC(=O)NCCOC(=O)C1CC1.CC(C)C(=O)OCCNC(=O)OC(C)(C)C.CC(C)CC(=O)OCCNC(=O)OC(C)(C)C.CCC(=O)OCCNC(=O)OC(C)(C)C. The predicted octanol–water partition coefficient (Wildman–Crippen LogP) is 8.84. The van der Waals surface area contributed by atoms with Crippen molar-refractivity contribution in [2.45, 2.75) is 213 Å². The molecule has 1 rings (SSSR count). The van der Waals surface area contributed by atoms with Gasteiger partial charge in [0.1, 0.15) is 61.0 Å². The van der Waals surface area contributed by atoms with Gasteiger partial charge in [0, 0.05) is 12.8 Å². The Bertz CT molecular complexity index is 1830. The highest BCUT2D eigenvalue weighted by Crippen LogP contribution is 2.30. The van der Waals surface area contributed by atoms with Crippen LogP contribution in [-0.2, 0) is 71.3 Å². The molecule has 0 aromatic carbocycles. The molecule has 0 aliphatic heterocycles. The Kier molecular flexibility index (Phi) is 40.9. The molecule has 0 radical (unpaired) electrons. The molecule has 0 heterocycles. The summed E-state index contributed by atoms with van der Waals surface area (Å²) in [6, 6.07) is 0. The number of hydrogen-bond donors (Lipinski definition) is 5. The van der Waals surface area contributed by atoms with Crippen LogP contribution in [0.2, 0.25) is 0 Å². The lowest BCUT2D eigenvalue weighted by molar-refractivity contribution is -0.153. The van der Waals surface area contributed by atoms with Gasteiger partial charge in [0.15, 0.2) is 0 Å². The smallest absolute Gasteiger partial charge is 0.407 e. The van der Waals surface area contributed by atoms with E-state index in [-0.39, 0.29) is 113 Å². The van der Waals surface area contributed by atoms with E-state index in [4.69, 9.17) is 47.4 Å². The molecule has 0 atom stereocenters. The fraction of sp³-hybridized carbons (Fsp3) is 0.821. The van der Waals surface area contributed by atoms with Crippen molar-refractivity contribution in [3.05, 3.63) is 0 Å². The largest absolute Gasteiger partial charge is 0.464 e. The number of ether oxygens (including phenoxy) is 10. The van der Waals surface area contributed by atoms with Crippen molar-refractivity contribution >= 4 is 60.3 Å². The van der Waals surface area contributed by atoms with Crippen molar-refractivity contribution in [3.8, 4) is 0 Å². The summed E-state index contributed by atoms with van der Waals surface area (Å²) in [5.74, 6) is -1.02. The molecular weight excluding hydrogens is 1060 g/mol. The summed E-state index contributed by atoms with van der Waals surface area (Å²) in [6.07, 6.45) is 0.0787. The monoisotopic (exact) mass is 1170 g/mol. The number of carbonyl (C=O) groups excluding carboxylic acids is 10. The highest BCUT2D eigenvalue weighted by molar-refractivity contribution is 5.76. The zero-order chi connectivity index (χ0) is 64.0. The lowest BCUT2D eigenvalue weighted by Crippen LogP contribution is -2.35. The molecule has 25 heteroatoms. The van der Waals surface area contributed by atoms with Crippen LogP contribution in [0.5, 0.6) is 0 Å². The number of rotatable bonds is 20. The van der Waals surface area contributed by atoms with Crippen LogP contribution in [-0.4, -0.2) is 154 Å². The van der Waals surface area contributed by atoms with E-state index in [1.807, 2.05) is 13.8 Å². The van der Waals surface area contributed by atoms with Crippen LogP contribution in [0.25, 0.3) is 0 Å². The van der Waals surface area contributed by atoms with E-state index in [9.17, 15) is 47.9 Å². The molecule has 25 nitrogen and oxygen atoms in total. The highest BCUT2D eigenvalue weighted by atomic mass is 16.6. The quantitative estimate of drug-likeness (QED) is 0.0431. The molecule has 0 aromatic rings. The Morgan fingerprint density at radius 1 is 0.395 bits per heavy atom. The average molecular weight is 1170 g/mol. The van der Waals surface area contributed by atoms with Gasteiger partial charge in [-0.05, 0) is 143 Å². The number of alkyl carbamates (subject to hydrolysis) is 5. The van der Waals surface area contributed by atoms with E-state index < -0.39 is 63.9 Å². The van der Waals surface area contributed by atoms with E-state index in [0.717, 1.165) is 12.8 Å². The summed E-state index contributed by atoms with van der Waals surface area (Å²) in [7, 11) is 0. The van der Waals surface area contributed by atoms with Crippen LogP contribution in [0.15, 0.2) is 0 Å². The van der Waals surface area contributed by atoms with Crippen LogP contribution >= 0.6 is 0 Å². The summed E-state index contributed by atoms with van der Waals surface area (Å²) < 4.78 is 49.5. The normalized spacial score (nSPS) is 12.1. The van der Waals surface area contributed by atoms with Crippen LogP contribution in [0.3, 0.4) is 0 Å². The first-order valence-electron chi connectivity index (χ1n) is 27.3. The fourth-order valence-corrected chi connectivity index (χ4v) is 4.43. The maximum absolute atomic E-state index is 11.4. The fourth-order valence-electron chi connectivity index (χ4n) is 4.43. The van der Waals surface area contributed by atoms with Crippen molar-refractivity contribution in [2.24, 2.45) is 23.2 Å². The van der Waals surface area contributed by atoms with Gasteiger partial charge in [-0.25, -0.2) is 24.0 Å². The molecule has 1 fully saturated rings. The minimum atomic E-state index is -0.522. The maximum Gasteiger partial charge on any atom is 0.407 e. The second-order valence-electron chi connectivity index (χ2n) is 24.7. The molecule has 1 aliphatic carbocycles. The third-order valence-corrected chi connectivity index (χ3v) is 7.96. The predicted molar refractivity (Wildman–Crippen MR) is 303 cm³/mol. The van der Waals surface area contributed by atoms with Crippen LogP contribution in [0, 0.1) is 23.2 Å². The molecule has 0 unspecified atom stereocenters. The summed E-state index contributed by atoms with van der Waals surface area (Å²) >= 11 is 0. The van der Waals surface area contributed by atoms with Gasteiger partial charge in [-0.3, -0.25) is 24.0 Å². The highest BCUT2D eigenvalue weighted by Gasteiger charge is 2.31. The van der Waals surface area contributed by atoms with Gasteiger partial charge < -0.3 is 74.0 Å². The molecule has 0 bridgehead atoms. The summed E-state index contributed by atoms with van der Waals surface area (Å²) in [4.78, 5) is 111. The number of hydrogen-bond acceptors (Lipinski definition) is 20. The Hall–Kier alpha value is -6.30. The van der Waals surface area contributed by atoms with E-state index in [0.29, 0.717) is 12.8 Å². The standard InChI is InChI=1S/2C12H23NO4.C11H19NO4.C11H21NO4.C10H19NO4/c1-11(2,3)9(14)16-8-7-13-10(15)17-12(4,5)6;1-9(2)8-10(14)16-7-6-13-11(15)17-12(3,4)5;1-11(2,3)16-10(14)12-6-7-15-9(13)8-4-5-8;1-8(2)9(13)15-7-6-12-10(14)16-11(3,4)5;1-5-8(12)14-7-6-11-9(13)15-10(2,3)4/h7-8H2,1-6H3,(H,13,15);9H,6-8H2,1-5H3,(H,13,15);8H,4-7H2,1-3H3,(H,12,14);8H,6-7H2,1-5H3,(H,12,14);5-7H2,1-4H3,(H,11,13). The van der Waals surface area contributed by atoms with Crippen LogP contribution in [0.1, 0.15) is 185 Å². The third-order valence-electron chi connectivity index (χ3n) is 7.96. The topological polar surface area (TPSA) is 323 Å². The molecule has 0 spiro atoms. The molecule has 81 heavy (non-hydrogen) atoms. The molecule has 1 aliphatic rings. The lowest BCUT2D eigenvalue weighted by Gasteiger charge is -2.20. The average Bonchev–Trinajstić information content (AvgIpc) is 4.12. The molecule has 0 saturated heterocycles. The van der Waals surface area contributed by atoms with Crippen molar-refractivity contribution in [1.29, 1.82) is 0 Å². The first-order chi connectivity index (χ1) is 36.7. The molecule has 0 aromatic heterocycles. The van der Waals surface area contributed by atoms with Crippen LogP contribution in [0.4, 0.5) is 24.0 Å². The van der Waals surface area contributed by atoms with Gasteiger partial charge in [-0.15, -0.1) is 0 Å². The Balaban J connectivity index is -0.000000458. The summed E-state index contributed by atoms with van der Waals surface area (Å²) in [6.45, 7) is 43.4. The number of nitrogens with one attached hydrogen (secondary N) is 5. The summed E-state index contributed by atoms with van der Waals surface area (Å²) in [5, 5.41) is 12.5. The van der Waals surface area contributed by atoms with Crippen molar-refractivity contribution in [3.63, 3.8) is 0 Å². The van der Waals surface area contributed by atoms with E-state index in [1.165, 1.54) is 0 Å². The molecular formula is C56H105N5O20. The molecule has 5 amide bonds. The molecule has 5 N–H and O–H groups in total. The van der Waals surface area contributed by atoms with E-state index in [2.05, 4.69) is 26.6 Å². The first-order valence-corrected chi connectivity index (χ1v) is 27.3. The maximum atomic E-state index is 11.4. The second kappa shape index (κ2) is 40.8. The number of esters is 5. The minimum absolute atomic E-state index is 0.0986. The second-order valence-corrected chi connectivity index (χ2v) is 24.7. The lowest BCUT2D eigenvalue weighted by atomic mass is 9.97. The Morgan fingerprint density at radius 2 is 0.667 bits per heavy atom. The van der Waals surface area contributed by atoms with E-state index >= 15 is 0 Å².